The average Bonchev–Trinajstić information content (AvgIpc) is 2.64. The summed E-state index contributed by atoms with van der Waals surface area (Å²) in [5.74, 6) is 0. The van der Waals surface area contributed by atoms with Gasteiger partial charge in [-0.2, -0.15) is 5.10 Å². The number of nitrogens with zero attached hydrogens (tertiary/aromatic N) is 2. The molecule has 8 heteroatoms. The number of hydrogen-bond acceptors (Lipinski definition) is 3. The van der Waals surface area contributed by atoms with E-state index in [1.165, 1.54) is 0 Å². The molecule has 0 aliphatic heterocycles. The van der Waals surface area contributed by atoms with Crippen LogP contribution in [0.3, 0.4) is 0 Å². The van der Waals surface area contributed by atoms with E-state index in [4.69, 9.17) is 0 Å². The number of nitrogens with one attached hydrogen (secondary N) is 1. The molecule has 0 radical (unpaired) electrons. The zero-order valence-corrected chi connectivity index (χ0v) is 15.8. The van der Waals surface area contributed by atoms with Gasteiger partial charge in [0, 0.05) is 33.8 Å². The van der Waals surface area contributed by atoms with Crippen LogP contribution in [0.4, 0.5) is 0 Å². The van der Waals surface area contributed by atoms with Crippen LogP contribution in [0, 0.1) is 13.8 Å². The van der Waals surface area contributed by atoms with Crippen LogP contribution in [0.2, 0.25) is 0 Å². The fourth-order valence-electron chi connectivity index (χ4n) is 2.00. The van der Waals surface area contributed by atoms with Gasteiger partial charge in [0.05, 0.1) is 10.6 Å². The van der Waals surface area contributed by atoms with E-state index in [9.17, 15) is 8.42 Å². The number of halogens is 2. The standard InChI is InChI=1S/C13H15Br2N3O2S/c1-8-11(9(2)18(3)17-8)7-16-21(19,20)13-6-10(14)4-5-12(13)15/h4-6,16H,7H2,1-3H3. The molecule has 0 saturated carbocycles. The fourth-order valence-corrected chi connectivity index (χ4v) is 4.50. The van der Waals surface area contributed by atoms with Crippen LogP contribution >= 0.6 is 31.9 Å². The van der Waals surface area contributed by atoms with Crippen LogP contribution in [0.1, 0.15) is 17.0 Å². The SMILES string of the molecule is Cc1nn(C)c(C)c1CNS(=O)(=O)c1cc(Br)ccc1Br. The molecule has 2 rings (SSSR count). The quantitative estimate of drug-likeness (QED) is 0.800. The number of hydrogen-bond donors (Lipinski definition) is 1. The van der Waals surface area contributed by atoms with Gasteiger partial charge in [-0.1, -0.05) is 15.9 Å². The minimum absolute atomic E-state index is 0.205. The zero-order valence-electron chi connectivity index (χ0n) is 11.8. The molecule has 0 unspecified atom stereocenters. The van der Waals surface area contributed by atoms with Crippen molar-refractivity contribution in [3.63, 3.8) is 0 Å². The topological polar surface area (TPSA) is 64.0 Å². The van der Waals surface area contributed by atoms with E-state index >= 15 is 0 Å². The van der Waals surface area contributed by atoms with Gasteiger partial charge in [0.25, 0.3) is 0 Å². The highest BCUT2D eigenvalue weighted by Gasteiger charge is 2.19. The molecule has 1 aromatic heterocycles. The maximum Gasteiger partial charge on any atom is 0.242 e. The monoisotopic (exact) mass is 435 g/mol. The Morgan fingerprint density at radius 2 is 1.95 bits per heavy atom. The Labute approximate surface area is 141 Å². The van der Waals surface area contributed by atoms with Gasteiger partial charge >= 0.3 is 0 Å². The van der Waals surface area contributed by atoms with Gasteiger partial charge in [0.2, 0.25) is 10.0 Å². The highest BCUT2D eigenvalue weighted by molar-refractivity contribution is 9.11. The average molecular weight is 437 g/mol. The summed E-state index contributed by atoms with van der Waals surface area (Å²) in [4.78, 5) is 0.205. The summed E-state index contributed by atoms with van der Waals surface area (Å²) in [5, 5.41) is 4.28. The van der Waals surface area contributed by atoms with Crippen molar-refractivity contribution in [2.24, 2.45) is 7.05 Å². The second kappa shape index (κ2) is 6.20. The molecule has 1 N–H and O–H groups in total. The summed E-state index contributed by atoms with van der Waals surface area (Å²) < 4.78 is 30.4. The maximum absolute atomic E-state index is 12.4. The van der Waals surface area contributed by atoms with Crippen LogP contribution in [-0.2, 0) is 23.6 Å². The van der Waals surface area contributed by atoms with Crippen LogP contribution < -0.4 is 4.72 Å². The molecule has 5 nitrogen and oxygen atoms in total. The number of benzene rings is 1. The smallest absolute Gasteiger partial charge is 0.242 e. The normalized spacial score (nSPS) is 11.9. The third-order valence-corrected chi connectivity index (χ3v) is 6.17. The van der Waals surface area contributed by atoms with E-state index in [-0.39, 0.29) is 11.4 Å². The number of sulfonamides is 1. The summed E-state index contributed by atoms with van der Waals surface area (Å²) in [6.07, 6.45) is 0. The van der Waals surface area contributed by atoms with Crippen molar-refractivity contribution in [3.8, 4) is 0 Å². The summed E-state index contributed by atoms with van der Waals surface area (Å²) in [6, 6.07) is 5.03. The van der Waals surface area contributed by atoms with Crippen molar-refractivity contribution in [2.45, 2.75) is 25.3 Å². The van der Waals surface area contributed by atoms with Crippen molar-refractivity contribution in [1.29, 1.82) is 0 Å². The van der Waals surface area contributed by atoms with Crippen molar-refractivity contribution in [1.82, 2.24) is 14.5 Å². The lowest BCUT2D eigenvalue weighted by molar-refractivity contribution is 0.580. The molecule has 0 bridgehead atoms. The van der Waals surface area contributed by atoms with Crippen molar-refractivity contribution in [2.75, 3.05) is 0 Å². The third kappa shape index (κ3) is 3.56. The van der Waals surface area contributed by atoms with Gasteiger partial charge in [-0.25, -0.2) is 13.1 Å². The van der Waals surface area contributed by atoms with Gasteiger partial charge in [0.15, 0.2) is 0 Å². The van der Waals surface area contributed by atoms with E-state index < -0.39 is 10.0 Å². The summed E-state index contributed by atoms with van der Waals surface area (Å²) >= 11 is 6.55. The molecule has 0 aliphatic carbocycles. The summed E-state index contributed by atoms with van der Waals surface area (Å²) in [7, 11) is -1.76. The van der Waals surface area contributed by atoms with E-state index in [1.54, 1.807) is 22.9 Å². The van der Waals surface area contributed by atoms with E-state index in [0.717, 1.165) is 17.0 Å². The van der Waals surface area contributed by atoms with Crippen molar-refractivity contribution in [3.05, 3.63) is 44.1 Å². The second-order valence-corrected chi connectivity index (χ2v) is 8.18. The molecule has 0 atom stereocenters. The molecular formula is C13H15Br2N3O2S. The Bertz CT molecular complexity index is 785. The first-order chi connectivity index (χ1) is 9.72. The Balaban J connectivity index is 2.28. The predicted octanol–water partition coefficient (Wildman–Crippen LogP) is 3.04. The Kier molecular flexibility index (Phi) is 4.92. The van der Waals surface area contributed by atoms with Crippen LogP contribution in [0.5, 0.6) is 0 Å². The van der Waals surface area contributed by atoms with Crippen LogP contribution in [0.25, 0.3) is 0 Å². The molecule has 21 heavy (non-hydrogen) atoms. The van der Waals surface area contributed by atoms with Crippen LogP contribution in [-0.4, -0.2) is 18.2 Å². The lowest BCUT2D eigenvalue weighted by atomic mass is 10.2. The third-order valence-electron chi connectivity index (χ3n) is 3.28. The molecule has 1 heterocycles. The first-order valence-electron chi connectivity index (χ1n) is 6.16. The highest BCUT2D eigenvalue weighted by Crippen LogP contribution is 2.26. The molecule has 2 aromatic rings. The van der Waals surface area contributed by atoms with Gasteiger partial charge in [-0.3, -0.25) is 4.68 Å². The largest absolute Gasteiger partial charge is 0.272 e. The minimum Gasteiger partial charge on any atom is -0.272 e. The van der Waals surface area contributed by atoms with E-state index in [2.05, 4.69) is 41.7 Å². The minimum atomic E-state index is -3.60. The zero-order chi connectivity index (χ0) is 15.8. The van der Waals surface area contributed by atoms with Gasteiger partial charge < -0.3 is 0 Å². The molecule has 0 aliphatic rings. The molecule has 0 fully saturated rings. The number of aryl methyl sites for hydroxylation is 2. The van der Waals surface area contributed by atoms with Crippen LogP contribution in [0.15, 0.2) is 32.0 Å². The molecule has 0 spiro atoms. The van der Waals surface area contributed by atoms with Gasteiger partial charge in [-0.05, 0) is 48.0 Å². The first kappa shape index (κ1) is 16.7. The summed E-state index contributed by atoms with van der Waals surface area (Å²) in [5.41, 5.74) is 2.67. The van der Waals surface area contributed by atoms with Crippen molar-refractivity contribution >= 4 is 41.9 Å². The molecule has 0 saturated heterocycles. The van der Waals surface area contributed by atoms with E-state index in [1.807, 2.05) is 20.9 Å². The first-order valence-corrected chi connectivity index (χ1v) is 9.23. The number of aromatic nitrogens is 2. The molecular weight excluding hydrogens is 422 g/mol. The fraction of sp³-hybridized carbons (Fsp3) is 0.308. The highest BCUT2D eigenvalue weighted by atomic mass is 79.9. The maximum atomic E-state index is 12.4. The Morgan fingerprint density at radius 3 is 2.52 bits per heavy atom. The lowest BCUT2D eigenvalue weighted by Crippen LogP contribution is -2.24. The van der Waals surface area contributed by atoms with Gasteiger partial charge in [0.1, 0.15) is 0 Å². The predicted molar refractivity (Wildman–Crippen MR) is 88.5 cm³/mol. The number of rotatable bonds is 4. The molecule has 1 aromatic carbocycles. The second-order valence-electron chi connectivity index (χ2n) is 4.67. The van der Waals surface area contributed by atoms with Crippen molar-refractivity contribution < 1.29 is 8.42 Å². The van der Waals surface area contributed by atoms with Gasteiger partial charge in [-0.15, -0.1) is 0 Å². The Hall–Kier alpha value is -0.700. The Morgan fingerprint density at radius 1 is 1.29 bits per heavy atom. The van der Waals surface area contributed by atoms with E-state index in [0.29, 0.717) is 8.95 Å². The lowest BCUT2D eigenvalue weighted by Gasteiger charge is -2.09. The molecule has 0 amide bonds. The molecule has 114 valence electrons. The summed E-state index contributed by atoms with van der Waals surface area (Å²) in [6.45, 7) is 4.00.